The van der Waals surface area contributed by atoms with Crippen molar-refractivity contribution in [2.75, 3.05) is 39.8 Å². The molecular formula is C28H33FN4O4. The fourth-order valence-corrected chi connectivity index (χ4v) is 4.99. The summed E-state index contributed by atoms with van der Waals surface area (Å²) < 4.78 is 18.7. The zero-order valence-corrected chi connectivity index (χ0v) is 21.7. The van der Waals surface area contributed by atoms with Crippen LogP contribution in [0, 0.1) is 12.7 Å². The first-order valence-corrected chi connectivity index (χ1v) is 12.5. The van der Waals surface area contributed by atoms with Crippen molar-refractivity contribution in [3.8, 4) is 0 Å². The monoisotopic (exact) mass is 508 g/mol. The molecule has 0 saturated carbocycles. The van der Waals surface area contributed by atoms with Crippen molar-refractivity contribution < 1.29 is 23.5 Å². The number of piperazine rings is 1. The molecule has 1 fully saturated rings. The summed E-state index contributed by atoms with van der Waals surface area (Å²) in [5.41, 5.74) is 3.24. The number of esters is 1. The lowest BCUT2D eigenvalue weighted by Gasteiger charge is -2.42. The molecule has 0 radical (unpaired) electrons. The Bertz CT molecular complexity index is 1210. The average molecular weight is 509 g/mol. The minimum absolute atomic E-state index is 0.118. The molecular weight excluding hydrogens is 475 g/mol. The van der Waals surface area contributed by atoms with Crippen LogP contribution in [-0.2, 0) is 9.53 Å². The Morgan fingerprint density at radius 3 is 2.46 bits per heavy atom. The summed E-state index contributed by atoms with van der Waals surface area (Å²) in [5, 5.41) is 2.96. The lowest BCUT2D eigenvalue weighted by Crippen LogP contribution is -2.56. The summed E-state index contributed by atoms with van der Waals surface area (Å²) in [6.45, 7) is 7.81. The van der Waals surface area contributed by atoms with Crippen LogP contribution in [0.15, 0.2) is 59.8 Å². The molecule has 0 aromatic heterocycles. The van der Waals surface area contributed by atoms with Crippen LogP contribution in [0.5, 0.6) is 0 Å². The maximum Gasteiger partial charge on any atom is 0.338 e. The van der Waals surface area contributed by atoms with Gasteiger partial charge in [-0.3, -0.25) is 14.6 Å². The summed E-state index contributed by atoms with van der Waals surface area (Å²) in [4.78, 5) is 44.6. The molecule has 0 spiro atoms. The van der Waals surface area contributed by atoms with Crippen molar-refractivity contribution in [3.05, 3.63) is 82.3 Å². The highest BCUT2D eigenvalue weighted by Crippen LogP contribution is 2.33. The van der Waals surface area contributed by atoms with E-state index in [0.29, 0.717) is 43.0 Å². The number of nitrogens with zero attached hydrogens (tertiary/aromatic N) is 3. The van der Waals surface area contributed by atoms with Gasteiger partial charge in [-0.25, -0.2) is 14.0 Å². The number of amides is 3. The molecule has 3 amide bonds. The van der Waals surface area contributed by atoms with Gasteiger partial charge in [-0.2, -0.15) is 0 Å². The lowest BCUT2D eigenvalue weighted by atomic mass is 9.91. The van der Waals surface area contributed by atoms with Gasteiger partial charge in [0.05, 0.1) is 18.2 Å². The molecule has 1 N–H and O–H groups in total. The second-order valence-corrected chi connectivity index (χ2v) is 9.47. The number of hydrogen-bond donors (Lipinski definition) is 1. The van der Waals surface area contributed by atoms with Crippen LogP contribution in [0.3, 0.4) is 0 Å². The molecule has 37 heavy (non-hydrogen) atoms. The number of hydrogen-bond acceptors (Lipinski definition) is 5. The largest absolute Gasteiger partial charge is 0.463 e. The molecule has 1 saturated heterocycles. The third kappa shape index (κ3) is 5.51. The maximum absolute atomic E-state index is 13.3. The van der Waals surface area contributed by atoms with Crippen LogP contribution >= 0.6 is 0 Å². The Kier molecular flexibility index (Phi) is 7.92. The van der Waals surface area contributed by atoms with Gasteiger partial charge in [0.25, 0.3) is 5.91 Å². The number of carbonyl (C=O) groups is 3. The smallest absolute Gasteiger partial charge is 0.338 e. The van der Waals surface area contributed by atoms with Crippen LogP contribution in [0.4, 0.5) is 9.18 Å². The van der Waals surface area contributed by atoms with E-state index in [1.807, 2.05) is 38.1 Å². The quantitative estimate of drug-likeness (QED) is 0.604. The molecule has 0 unspecified atom stereocenters. The van der Waals surface area contributed by atoms with Gasteiger partial charge in [0, 0.05) is 50.5 Å². The summed E-state index contributed by atoms with van der Waals surface area (Å²) in [6, 6.07) is 12.2. The minimum Gasteiger partial charge on any atom is -0.463 e. The Morgan fingerprint density at radius 1 is 1.11 bits per heavy atom. The lowest BCUT2D eigenvalue weighted by molar-refractivity contribution is -0.139. The Balaban J connectivity index is 1.60. The number of carbonyl (C=O) groups excluding carboxylic acids is 3. The van der Waals surface area contributed by atoms with Crippen molar-refractivity contribution in [3.63, 3.8) is 0 Å². The van der Waals surface area contributed by atoms with E-state index in [9.17, 15) is 18.8 Å². The highest BCUT2D eigenvalue weighted by atomic mass is 19.1. The van der Waals surface area contributed by atoms with E-state index in [-0.39, 0.29) is 30.4 Å². The van der Waals surface area contributed by atoms with Crippen molar-refractivity contribution in [2.45, 2.75) is 32.9 Å². The number of nitrogens with one attached hydrogen (secondary N) is 1. The number of urea groups is 1. The van der Waals surface area contributed by atoms with Crippen LogP contribution in [0.1, 0.15) is 41.4 Å². The molecule has 2 heterocycles. The second kappa shape index (κ2) is 11.1. The van der Waals surface area contributed by atoms with E-state index in [4.69, 9.17) is 4.74 Å². The van der Waals surface area contributed by atoms with Gasteiger partial charge in [-0.1, -0.05) is 24.3 Å². The van der Waals surface area contributed by atoms with Gasteiger partial charge >= 0.3 is 12.0 Å². The summed E-state index contributed by atoms with van der Waals surface area (Å²) >= 11 is 0. The number of aryl methyl sites for hydroxylation is 1. The average Bonchev–Trinajstić information content (AvgIpc) is 2.87. The summed E-state index contributed by atoms with van der Waals surface area (Å²) in [5.74, 6) is -0.993. The summed E-state index contributed by atoms with van der Waals surface area (Å²) in [7, 11) is 1.65. The molecule has 0 aliphatic carbocycles. The van der Waals surface area contributed by atoms with Gasteiger partial charge in [-0.15, -0.1) is 0 Å². The second-order valence-electron chi connectivity index (χ2n) is 9.47. The number of ether oxygens (including phenoxy) is 1. The van der Waals surface area contributed by atoms with Crippen molar-refractivity contribution in [2.24, 2.45) is 0 Å². The Labute approximate surface area is 216 Å². The first-order chi connectivity index (χ1) is 17.7. The highest BCUT2D eigenvalue weighted by Gasteiger charge is 2.39. The number of rotatable bonds is 6. The molecule has 8 nitrogen and oxygen atoms in total. The van der Waals surface area contributed by atoms with E-state index in [0.717, 1.165) is 11.1 Å². The zero-order valence-electron chi connectivity index (χ0n) is 21.7. The van der Waals surface area contributed by atoms with Crippen molar-refractivity contribution in [1.29, 1.82) is 0 Å². The van der Waals surface area contributed by atoms with E-state index >= 15 is 0 Å². The van der Waals surface area contributed by atoms with Gasteiger partial charge in [0.2, 0.25) is 0 Å². The molecule has 2 aliphatic heterocycles. The highest BCUT2D eigenvalue weighted by molar-refractivity contribution is 5.95. The molecule has 2 atom stereocenters. The van der Waals surface area contributed by atoms with Crippen LogP contribution < -0.4 is 5.32 Å². The molecule has 196 valence electrons. The minimum atomic E-state index is -0.627. The first-order valence-electron chi connectivity index (χ1n) is 12.5. The normalized spacial score (nSPS) is 20.6. The SMILES string of the molecule is CCOC(=O)C1=C(CN2CCN(C(=O)c3ccc(F)cc3)[C@H](C)C2)N(C)C(=O)N[C@@H]1c1ccccc1C. The number of halogens is 1. The third-order valence-corrected chi connectivity index (χ3v) is 7.01. The first kappa shape index (κ1) is 26.3. The molecule has 2 aliphatic rings. The predicted molar refractivity (Wildman–Crippen MR) is 137 cm³/mol. The fourth-order valence-electron chi connectivity index (χ4n) is 4.99. The molecule has 4 rings (SSSR count). The molecule has 2 aromatic rings. The van der Waals surface area contributed by atoms with E-state index in [2.05, 4.69) is 10.2 Å². The predicted octanol–water partition coefficient (Wildman–Crippen LogP) is 3.49. The standard InChI is InChI=1S/C28H33FN4O4/c1-5-37-27(35)24-23(31(4)28(36)30-25(24)22-9-7-6-8-18(22)2)17-32-14-15-33(19(3)16-32)26(34)20-10-12-21(29)13-11-20/h6-13,19,25H,5,14-17H2,1-4H3,(H,30,36)/t19-,25-/m1/s1. The van der Waals surface area contributed by atoms with E-state index in [1.54, 1.807) is 18.9 Å². The van der Waals surface area contributed by atoms with Crippen LogP contribution in [-0.4, -0.2) is 78.5 Å². The summed E-state index contributed by atoms with van der Waals surface area (Å²) in [6.07, 6.45) is 0. The topological polar surface area (TPSA) is 82.2 Å². The Hall–Kier alpha value is -3.72. The van der Waals surface area contributed by atoms with Crippen molar-refractivity contribution >= 4 is 17.9 Å². The van der Waals surface area contributed by atoms with Gasteiger partial charge in [-0.05, 0) is 56.2 Å². The third-order valence-electron chi connectivity index (χ3n) is 7.01. The molecule has 2 aromatic carbocycles. The molecule has 0 bridgehead atoms. The zero-order chi connectivity index (χ0) is 26.7. The Morgan fingerprint density at radius 2 is 1.81 bits per heavy atom. The van der Waals surface area contributed by atoms with Crippen molar-refractivity contribution in [1.82, 2.24) is 20.0 Å². The van der Waals surface area contributed by atoms with E-state index in [1.165, 1.54) is 29.2 Å². The van der Waals surface area contributed by atoms with Gasteiger partial charge < -0.3 is 15.0 Å². The maximum atomic E-state index is 13.3. The van der Waals surface area contributed by atoms with Gasteiger partial charge in [0.15, 0.2) is 0 Å². The van der Waals surface area contributed by atoms with Gasteiger partial charge in [0.1, 0.15) is 5.82 Å². The van der Waals surface area contributed by atoms with E-state index < -0.39 is 12.0 Å². The van der Waals surface area contributed by atoms with Crippen LogP contribution in [0.2, 0.25) is 0 Å². The molecule has 9 heteroatoms. The number of benzene rings is 2. The fraction of sp³-hybridized carbons (Fsp3) is 0.393. The number of likely N-dealkylation sites (N-methyl/N-ethyl adjacent to an activating group) is 1. The van der Waals surface area contributed by atoms with Crippen LogP contribution in [0.25, 0.3) is 0 Å².